The van der Waals surface area contributed by atoms with Crippen LogP contribution in [0.2, 0.25) is 0 Å². The normalized spacial score (nSPS) is 12.4. The highest BCUT2D eigenvalue weighted by Gasteiger charge is 2.16. The summed E-state index contributed by atoms with van der Waals surface area (Å²) in [6.07, 6.45) is 7.65. The van der Waals surface area contributed by atoms with Gasteiger partial charge < -0.3 is 5.11 Å². The second-order valence-electron chi connectivity index (χ2n) is 8.18. The number of halogens is 1. The minimum absolute atomic E-state index is 0.0342. The van der Waals surface area contributed by atoms with E-state index < -0.39 is 21.8 Å². The third-order valence-electron chi connectivity index (χ3n) is 5.68. The summed E-state index contributed by atoms with van der Waals surface area (Å²) in [6.45, 7) is 0.231. The number of rotatable bonds is 13. The molecule has 0 radical (unpaired) electrons. The van der Waals surface area contributed by atoms with Gasteiger partial charge in [-0.1, -0.05) is 43.2 Å². The third-order valence-corrected chi connectivity index (χ3v) is 7.16. The number of unbranched alkanes of at least 4 members (excludes halogenated alkanes) is 2. The molecule has 6 nitrogen and oxygen atoms in total. The van der Waals surface area contributed by atoms with Gasteiger partial charge in [-0.05, 0) is 66.3 Å². The van der Waals surface area contributed by atoms with Crippen molar-refractivity contribution in [2.75, 3.05) is 6.54 Å². The highest BCUT2D eigenvalue weighted by atomic mass is 32.2. The predicted molar refractivity (Wildman–Crippen MR) is 129 cm³/mol. The molecule has 34 heavy (non-hydrogen) atoms. The first-order valence-electron chi connectivity index (χ1n) is 11.3. The molecule has 0 saturated carbocycles. The number of hydrogen-bond donors (Lipinski definition) is 2. The van der Waals surface area contributed by atoms with Crippen molar-refractivity contribution in [3.8, 4) is 0 Å². The number of carboxylic acids is 1. The van der Waals surface area contributed by atoms with Gasteiger partial charge in [-0.2, -0.15) is 0 Å². The van der Waals surface area contributed by atoms with Crippen LogP contribution in [0.25, 0.3) is 0 Å². The predicted octanol–water partition coefficient (Wildman–Crippen LogP) is 4.91. The van der Waals surface area contributed by atoms with Crippen molar-refractivity contribution in [1.29, 1.82) is 0 Å². The van der Waals surface area contributed by atoms with Gasteiger partial charge in [-0.3, -0.25) is 9.78 Å². The molecule has 1 aromatic heterocycles. The highest BCUT2D eigenvalue weighted by molar-refractivity contribution is 7.89. The summed E-state index contributed by atoms with van der Waals surface area (Å²) in [7, 11) is -3.69. The van der Waals surface area contributed by atoms with E-state index >= 15 is 0 Å². The minimum Gasteiger partial charge on any atom is -0.481 e. The number of nitrogens with zero attached hydrogens (tertiary/aromatic N) is 1. The van der Waals surface area contributed by atoms with Gasteiger partial charge in [0.15, 0.2) is 0 Å². The SMILES string of the molecule is O=C(O)CCCCCC(c1ccc(CCNS(=O)(=O)c2ccc(F)cc2)cc1)c1cccnc1. The van der Waals surface area contributed by atoms with Crippen molar-refractivity contribution in [2.45, 2.75) is 49.3 Å². The van der Waals surface area contributed by atoms with E-state index in [1.807, 2.05) is 30.5 Å². The second-order valence-corrected chi connectivity index (χ2v) is 9.94. The fourth-order valence-corrected chi connectivity index (χ4v) is 4.88. The van der Waals surface area contributed by atoms with Crippen LogP contribution in [0.15, 0.2) is 78.0 Å². The molecule has 0 aliphatic carbocycles. The van der Waals surface area contributed by atoms with Gasteiger partial charge in [-0.15, -0.1) is 0 Å². The van der Waals surface area contributed by atoms with Crippen LogP contribution in [-0.4, -0.2) is 31.0 Å². The van der Waals surface area contributed by atoms with E-state index in [9.17, 15) is 17.6 Å². The number of aliphatic carboxylic acids is 1. The highest BCUT2D eigenvalue weighted by Crippen LogP contribution is 2.30. The molecule has 0 aliphatic rings. The summed E-state index contributed by atoms with van der Waals surface area (Å²) in [5.41, 5.74) is 3.25. The molecule has 1 atom stereocenters. The van der Waals surface area contributed by atoms with Gasteiger partial charge in [0.1, 0.15) is 5.82 Å². The second kappa shape index (κ2) is 12.4. The standard InChI is InChI=1S/C26H29FN2O4S/c27-23-12-14-24(15-13-23)34(32,33)29-18-16-20-8-10-21(11-9-20)25(22-5-4-17-28-19-22)6-2-1-3-7-26(30)31/h4-5,8-15,17,19,25,29H,1-3,6-7,16,18H2,(H,30,31). The maximum atomic E-state index is 13.0. The van der Waals surface area contributed by atoms with Crippen molar-refractivity contribution in [2.24, 2.45) is 0 Å². The van der Waals surface area contributed by atoms with Gasteiger partial charge in [0.2, 0.25) is 10.0 Å². The summed E-state index contributed by atoms with van der Waals surface area (Å²) < 4.78 is 40.3. The van der Waals surface area contributed by atoms with E-state index in [0.29, 0.717) is 12.8 Å². The first-order valence-corrected chi connectivity index (χ1v) is 12.8. The van der Waals surface area contributed by atoms with Crippen LogP contribution >= 0.6 is 0 Å². The molecule has 0 fully saturated rings. The first-order chi connectivity index (χ1) is 16.3. The lowest BCUT2D eigenvalue weighted by Crippen LogP contribution is -2.26. The summed E-state index contributed by atoms with van der Waals surface area (Å²) in [5, 5.41) is 8.82. The zero-order valence-corrected chi connectivity index (χ0v) is 19.7. The van der Waals surface area contributed by atoms with Crippen LogP contribution < -0.4 is 4.72 Å². The molecule has 0 saturated heterocycles. The average molecular weight is 485 g/mol. The first kappa shape index (κ1) is 25.5. The number of nitrogens with one attached hydrogen (secondary N) is 1. The summed E-state index contributed by atoms with van der Waals surface area (Å²) in [4.78, 5) is 15.0. The van der Waals surface area contributed by atoms with Crippen molar-refractivity contribution in [3.63, 3.8) is 0 Å². The van der Waals surface area contributed by atoms with E-state index in [1.165, 1.54) is 12.1 Å². The number of carboxylic acid groups (broad SMARTS) is 1. The van der Waals surface area contributed by atoms with Gasteiger partial charge in [0.05, 0.1) is 4.90 Å². The van der Waals surface area contributed by atoms with E-state index in [4.69, 9.17) is 5.11 Å². The van der Waals surface area contributed by atoms with Gasteiger partial charge in [0, 0.05) is 31.3 Å². The Morgan fingerprint density at radius 2 is 1.71 bits per heavy atom. The topological polar surface area (TPSA) is 96.4 Å². The number of sulfonamides is 1. The molecule has 1 heterocycles. The summed E-state index contributed by atoms with van der Waals surface area (Å²) in [6, 6.07) is 16.8. The summed E-state index contributed by atoms with van der Waals surface area (Å²) in [5.74, 6) is -1.09. The summed E-state index contributed by atoms with van der Waals surface area (Å²) >= 11 is 0. The Bertz CT molecular complexity index is 1150. The molecular weight excluding hydrogens is 455 g/mol. The Labute approximate surface area is 199 Å². The maximum Gasteiger partial charge on any atom is 0.303 e. The molecule has 8 heteroatoms. The molecule has 0 spiro atoms. The van der Waals surface area contributed by atoms with Gasteiger partial charge in [0.25, 0.3) is 0 Å². The Morgan fingerprint density at radius 1 is 0.971 bits per heavy atom. The van der Waals surface area contributed by atoms with Gasteiger partial charge in [-0.25, -0.2) is 17.5 Å². The van der Waals surface area contributed by atoms with Gasteiger partial charge >= 0.3 is 5.97 Å². The maximum absolute atomic E-state index is 13.0. The molecule has 0 aliphatic heterocycles. The molecule has 2 aromatic carbocycles. The quantitative estimate of drug-likeness (QED) is 0.336. The fraction of sp³-hybridized carbons (Fsp3) is 0.308. The van der Waals surface area contributed by atoms with Crippen molar-refractivity contribution in [3.05, 3.63) is 95.6 Å². The Balaban J connectivity index is 1.59. The van der Waals surface area contributed by atoms with Crippen LogP contribution in [-0.2, 0) is 21.2 Å². The molecule has 0 amide bonds. The van der Waals surface area contributed by atoms with Crippen molar-refractivity contribution in [1.82, 2.24) is 9.71 Å². The Morgan fingerprint density at radius 3 is 2.35 bits per heavy atom. The Hall–Kier alpha value is -3.10. The van der Waals surface area contributed by atoms with Crippen LogP contribution in [0.1, 0.15) is 54.7 Å². The number of hydrogen-bond acceptors (Lipinski definition) is 4. The molecular formula is C26H29FN2O4S. The van der Waals surface area contributed by atoms with E-state index in [-0.39, 0.29) is 23.8 Å². The lowest BCUT2D eigenvalue weighted by Gasteiger charge is -2.18. The molecule has 0 bridgehead atoms. The fourth-order valence-electron chi connectivity index (χ4n) is 3.85. The minimum atomic E-state index is -3.69. The number of carbonyl (C=O) groups is 1. The average Bonchev–Trinajstić information content (AvgIpc) is 2.82. The van der Waals surface area contributed by atoms with Crippen molar-refractivity contribution < 1.29 is 22.7 Å². The van der Waals surface area contributed by atoms with Crippen LogP contribution in [0.4, 0.5) is 4.39 Å². The van der Waals surface area contributed by atoms with E-state index in [1.54, 1.807) is 6.20 Å². The van der Waals surface area contributed by atoms with Crippen LogP contribution in [0.5, 0.6) is 0 Å². The third kappa shape index (κ3) is 7.74. The lowest BCUT2D eigenvalue weighted by atomic mass is 9.87. The molecule has 2 N–H and O–H groups in total. The van der Waals surface area contributed by atoms with Crippen LogP contribution in [0, 0.1) is 5.82 Å². The molecule has 3 aromatic rings. The van der Waals surface area contributed by atoms with Crippen molar-refractivity contribution >= 4 is 16.0 Å². The monoisotopic (exact) mass is 484 g/mol. The zero-order valence-electron chi connectivity index (χ0n) is 18.9. The molecule has 1 unspecified atom stereocenters. The zero-order chi connectivity index (χ0) is 24.4. The van der Waals surface area contributed by atoms with Crippen LogP contribution in [0.3, 0.4) is 0 Å². The number of benzene rings is 2. The number of aromatic nitrogens is 1. The molecule has 180 valence electrons. The van der Waals surface area contributed by atoms with E-state index in [2.05, 4.69) is 21.8 Å². The largest absolute Gasteiger partial charge is 0.481 e. The van der Waals surface area contributed by atoms with E-state index in [0.717, 1.165) is 48.1 Å². The molecule has 3 rings (SSSR count). The number of pyridine rings is 1. The Kier molecular flexibility index (Phi) is 9.30. The lowest BCUT2D eigenvalue weighted by molar-refractivity contribution is -0.137. The smallest absolute Gasteiger partial charge is 0.303 e.